The van der Waals surface area contributed by atoms with E-state index in [4.69, 9.17) is 6.42 Å². The van der Waals surface area contributed by atoms with Crippen LogP contribution in [-0.2, 0) is 0 Å². The van der Waals surface area contributed by atoms with Crippen molar-refractivity contribution in [1.82, 2.24) is 10.3 Å². The smallest absolute Gasteiger partial charge is 0.254 e. The van der Waals surface area contributed by atoms with E-state index in [1.807, 2.05) is 0 Å². The predicted molar refractivity (Wildman–Crippen MR) is 66.3 cm³/mol. The number of aromatic nitrogens is 1. The average Bonchev–Trinajstić information content (AvgIpc) is 2.33. The number of hydrogen-bond acceptors (Lipinski definition) is 3. The van der Waals surface area contributed by atoms with Crippen LogP contribution in [-0.4, -0.2) is 23.2 Å². The summed E-state index contributed by atoms with van der Waals surface area (Å²) < 4.78 is 0. The molecule has 1 aromatic rings. The standard InChI is InChI=1S/C12H12N2OS/c1-3-7-13-11(15)10-6-5-8-14-12(10)16-9-4-2/h1,4-6,8H,2,7,9H2,(H,13,15). The molecule has 0 radical (unpaired) electrons. The minimum Gasteiger partial charge on any atom is -0.341 e. The maximum Gasteiger partial charge on any atom is 0.254 e. The topological polar surface area (TPSA) is 42.0 Å². The van der Waals surface area contributed by atoms with Crippen LogP contribution in [0.25, 0.3) is 0 Å². The third kappa shape index (κ3) is 3.44. The molecule has 4 heteroatoms. The van der Waals surface area contributed by atoms with Crippen molar-refractivity contribution in [2.24, 2.45) is 0 Å². The number of pyridine rings is 1. The molecule has 0 aliphatic carbocycles. The zero-order chi connectivity index (χ0) is 11.8. The second-order valence-corrected chi connectivity index (χ2v) is 3.85. The van der Waals surface area contributed by atoms with Crippen molar-refractivity contribution in [2.45, 2.75) is 5.03 Å². The van der Waals surface area contributed by atoms with Gasteiger partial charge in [0.2, 0.25) is 0 Å². The summed E-state index contributed by atoms with van der Waals surface area (Å²) in [5.74, 6) is 2.87. The molecule has 1 N–H and O–H groups in total. The molecule has 0 spiro atoms. The summed E-state index contributed by atoms with van der Waals surface area (Å²) in [6, 6.07) is 3.45. The van der Waals surface area contributed by atoms with Gasteiger partial charge in [0, 0.05) is 11.9 Å². The number of hydrogen-bond donors (Lipinski definition) is 1. The van der Waals surface area contributed by atoms with E-state index in [-0.39, 0.29) is 12.5 Å². The largest absolute Gasteiger partial charge is 0.341 e. The summed E-state index contributed by atoms with van der Waals surface area (Å²) in [4.78, 5) is 15.8. The second kappa shape index (κ2) is 6.70. The lowest BCUT2D eigenvalue weighted by molar-refractivity contribution is 0.0955. The van der Waals surface area contributed by atoms with Gasteiger partial charge in [0.25, 0.3) is 5.91 Å². The van der Waals surface area contributed by atoms with Crippen molar-refractivity contribution < 1.29 is 4.79 Å². The molecule has 0 aliphatic rings. The van der Waals surface area contributed by atoms with Gasteiger partial charge < -0.3 is 5.32 Å². The molecule has 0 saturated heterocycles. The Morgan fingerprint density at radius 1 is 1.75 bits per heavy atom. The molecule has 0 fully saturated rings. The van der Waals surface area contributed by atoms with Crippen LogP contribution in [0.2, 0.25) is 0 Å². The van der Waals surface area contributed by atoms with Crippen LogP contribution >= 0.6 is 11.8 Å². The third-order valence-corrected chi connectivity index (χ3v) is 2.71. The second-order valence-electron chi connectivity index (χ2n) is 2.84. The fraction of sp³-hybridized carbons (Fsp3) is 0.167. The van der Waals surface area contributed by atoms with Crippen LogP contribution in [0.1, 0.15) is 10.4 Å². The minimum atomic E-state index is -0.197. The summed E-state index contributed by atoms with van der Waals surface area (Å²) >= 11 is 1.47. The number of carbonyl (C=O) groups excluding carboxylic acids is 1. The Hall–Kier alpha value is -1.73. The van der Waals surface area contributed by atoms with E-state index in [0.29, 0.717) is 16.3 Å². The molecule has 3 nitrogen and oxygen atoms in total. The fourth-order valence-corrected chi connectivity index (χ4v) is 1.77. The first-order valence-electron chi connectivity index (χ1n) is 4.70. The van der Waals surface area contributed by atoms with Gasteiger partial charge in [0.15, 0.2) is 0 Å². The summed E-state index contributed by atoms with van der Waals surface area (Å²) in [5, 5.41) is 3.30. The van der Waals surface area contributed by atoms with Crippen molar-refractivity contribution in [3.8, 4) is 12.3 Å². The monoisotopic (exact) mass is 232 g/mol. The van der Waals surface area contributed by atoms with Gasteiger partial charge in [0.1, 0.15) is 5.03 Å². The highest BCUT2D eigenvalue weighted by atomic mass is 32.2. The van der Waals surface area contributed by atoms with Crippen LogP contribution in [0.5, 0.6) is 0 Å². The van der Waals surface area contributed by atoms with Crippen molar-refractivity contribution in [1.29, 1.82) is 0 Å². The van der Waals surface area contributed by atoms with Gasteiger partial charge in [-0.05, 0) is 12.1 Å². The maximum absolute atomic E-state index is 11.7. The summed E-state index contributed by atoms with van der Waals surface area (Å²) in [6.45, 7) is 3.85. The van der Waals surface area contributed by atoms with Crippen molar-refractivity contribution >= 4 is 17.7 Å². The molecule has 1 amide bonds. The molecule has 0 atom stereocenters. The molecule has 0 aromatic carbocycles. The van der Waals surface area contributed by atoms with Crippen LogP contribution in [0.15, 0.2) is 36.0 Å². The normalized spacial score (nSPS) is 9.19. The molecule has 1 aromatic heterocycles. The Bertz CT molecular complexity index is 423. The SMILES string of the molecule is C#CCNC(=O)c1cccnc1SCC=C. The Balaban J connectivity index is 2.81. The molecule has 0 aliphatic heterocycles. The first-order valence-corrected chi connectivity index (χ1v) is 5.68. The van der Waals surface area contributed by atoms with E-state index in [1.54, 1.807) is 24.4 Å². The van der Waals surface area contributed by atoms with E-state index >= 15 is 0 Å². The molecule has 0 bridgehead atoms. The molecule has 0 unspecified atom stereocenters. The van der Waals surface area contributed by atoms with Crippen molar-refractivity contribution in [2.75, 3.05) is 12.3 Å². The molecule has 0 saturated carbocycles. The molecule has 1 heterocycles. The van der Waals surface area contributed by atoms with Gasteiger partial charge in [-0.15, -0.1) is 24.8 Å². The van der Waals surface area contributed by atoms with E-state index in [9.17, 15) is 4.79 Å². The predicted octanol–water partition coefficient (Wildman–Crippen LogP) is 1.72. The van der Waals surface area contributed by atoms with E-state index in [2.05, 4.69) is 22.8 Å². The van der Waals surface area contributed by atoms with Gasteiger partial charge in [-0.2, -0.15) is 0 Å². The number of nitrogens with one attached hydrogen (secondary N) is 1. The Labute approximate surface area is 99.3 Å². The fourth-order valence-electron chi connectivity index (χ4n) is 1.04. The highest BCUT2D eigenvalue weighted by Gasteiger charge is 2.10. The lowest BCUT2D eigenvalue weighted by atomic mass is 10.2. The highest BCUT2D eigenvalue weighted by molar-refractivity contribution is 7.99. The van der Waals surface area contributed by atoms with Crippen molar-refractivity contribution in [3.05, 3.63) is 36.5 Å². The number of carbonyl (C=O) groups is 1. The molecular weight excluding hydrogens is 220 g/mol. The number of rotatable bonds is 5. The zero-order valence-corrected chi connectivity index (χ0v) is 9.59. The number of nitrogens with zero attached hydrogens (tertiary/aromatic N) is 1. The van der Waals surface area contributed by atoms with Gasteiger partial charge >= 0.3 is 0 Å². The maximum atomic E-state index is 11.7. The van der Waals surface area contributed by atoms with Crippen LogP contribution < -0.4 is 5.32 Å². The zero-order valence-electron chi connectivity index (χ0n) is 8.77. The van der Waals surface area contributed by atoms with Gasteiger partial charge in [0.05, 0.1) is 12.1 Å². The van der Waals surface area contributed by atoms with E-state index in [0.717, 1.165) is 0 Å². The van der Waals surface area contributed by atoms with Crippen LogP contribution in [0.4, 0.5) is 0 Å². The molecular formula is C12H12N2OS. The summed E-state index contributed by atoms with van der Waals surface area (Å²) in [7, 11) is 0. The molecule has 1 rings (SSSR count). The van der Waals surface area contributed by atoms with Gasteiger partial charge in [-0.25, -0.2) is 4.98 Å². The Kier molecular flexibility index (Phi) is 5.17. The summed E-state index contributed by atoms with van der Waals surface area (Å²) in [6.07, 6.45) is 8.50. The first-order chi connectivity index (χ1) is 7.79. The first kappa shape index (κ1) is 12.3. The molecule has 16 heavy (non-hydrogen) atoms. The lowest BCUT2D eigenvalue weighted by Gasteiger charge is -2.06. The number of terminal acetylenes is 1. The van der Waals surface area contributed by atoms with Crippen LogP contribution in [0, 0.1) is 12.3 Å². The Morgan fingerprint density at radius 2 is 2.56 bits per heavy atom. The van der Waals surface area contributed by atoms with E-state index < -0.39 is 0 Å². The molecule has 82 valence electrons. The minimum absolute atomic E-state index is 0.197. The highest BCUT2D eigenvalue weighted by Crippen LogP contribution is 2.19. The third-order valence-electron chi connectivity index (χ3n) is 1.70. The Morgan fingerprint density at radius 3 is 3.25 bits per heavy atom. The number of amides is 1. The number of thioether (sulfide) groups is 1. The average molecular weight is 232 g/mol. The van der Waals surface area contributed by atoms with Gasteiger partial charge in [-0.1, -0.05) is 12.0 Å². The van der Waals surface area contributed by atoms with Crippen molar-refractivity contribution in [3.63, 3.8) is 0 Å². The summed E-state index contributed by atoms with van der Waals surface area (Å²) in [5.41, 5.74) is 0.546. The van der Waals surface area contributed by atoms with Gasteiger partial charge in [-0.3, -0.25) is 4.79 Å². The lowest BCUT2D eigenvalue weighted by Crippen LogP contribution is -2.24. The van der Waals surface area contributed by atoms with E-state index in [1.165, 1.54) is 11.8 Å². The van der Waals surface area contributed by atoms with Crippen LogP contribution in [0.3, 0.4) is 0 Å². The quantitative estimate of drug-likeness (QED) is 0.477.